The van der Waals surface area contributed by atoms with Crippen LogP contribution in [0.4, 0.5) is 0 Å². The molecule has 2 saturated heterocycles. The molecule has 2 aliphatic heterocycles. The van der Waals surface area contributed by atoms with Crippen molar-refractivity contribution in [2.24, 2.45) is 5.92 Å². The minimum atomic E-state index is -0.338. The van der Waals surface area contributed by atoms with Crippen molar-refractivity contribution in [1.82, 2.24) is 9.80 Å². The van der Waals surface area contributed by atoms with Gasteiger partial charge in [-0.3, -0.25) is 9.59 Å². The number of nitrogens with zero attached hydrogens (tertiary/aromatic N) is 2. The topological polar surface area (TPSA) is 59.1 Å². The Morgan fingerprint density at radius 1 is 1.25 bits per heavy atom. The lowest BCUT2D eigenvalue weighted by atomic mass is 9.92. The van der Waals surface area contributed by atoms with E-state index in [2.05, 4.69) is 0 Å². The number of hydrogen-bond acceptors (Lipinski definition) is 4. The van der Waals surface area contributed by atoms with E-state index in [-0.39, 0.29) is 30.2 Å². The summed E-state index contributed by atoms with van der Waals surface area (Å²) in [6.07, 6.45) is 0.263. The lowest BCUT2D eigenvalue weighted by molar-refractivity contribution is -0.140. The van der Waals surface area contributed by atoms with Gasteiger partial charge < -0.3 is 19.3 Å². The monoisotopic (exact) mass is 332 g/mol. The molecule has 0 saturated carbocycles. The Balaban J connectivity index is 1.85. The SMILES string of the molecule is COCCN1C(=O)C[C@@H](C(=O)N2CCOCC2)[C@@H]1c1ccccc1. The zero-order chi connectivity index (χ0) is 16.9. The fraction of sp³-hybridized carbons (Fsp3) is 0.556. The molecule has 6 heteroatoms. The summed E-state index contributed by atoms with van der Waals surface area (Å²) in [6, 6.07) is 9.60. The number of benzene rings is 1. The summed E-state index contributed by atoms with van der Waals surface area (Å²) in [5, 5.41) is 0. The first-order chi connectivity index (χ1) is 11.7. The first kappa shape index (κ1) is 16.9. The maximum Gasteiger partial charge on any atom is 0.228 e. The minimum Gasteiger partial charge on any atom is -0.383 e. The molecule has 0 N–H and O–H groups in total. The Bertz CT molecular complexity index is 572. The van der Waals surface area contributed by atoms with Gasteiger partial charge in [0.05, 0.1) is 31.8 Å². The van der Waals surface area contributed by atoms with Gasteiger partial charge in [-0.05, 0) is 5.56 Å². The van der Waals surface area contributed by atoms with Crippen molar-refractivity contribution < 1.29 is 19.1 Å². The smallest absolute Gasteiger partial charge is 0.228 e. The van der Waals surface area contributed by atoms with Gasteiger partial charge >= 0.3 is 0 Å². The van der Waals surface area contributed by atoms with Crippen LogP contribution in [-0.4, -0.2) is 68.2 Å². The van der Waals surface area contributed by atoms with Gasteiger partial charge in [0.15, 0.2) is 0 Å². The highest BCUT2D eigenvalue weighted by molar-refractivity contribution is 5.90. The standard InChI is InChI=1S/C18H24N2O4/c1-23-10-9-20-16(21)13-15(17(20)14-5-3-2-4-6-14)18(22)19-7-11-24-12-8-19/h2-6,15,17H,7-13H2,1H3/t15-,17+/m1/s1. The van der Waals surface area contributed by atoms with Crippen LogP contribution < -0.4 is 0 Å². The van der Waals surface area contributed by atoms with Crippen LogP contribution in [0.2, 0.25) is 0 Å². The van der Waals surface area contributed by atoms with Crippen LogP contribution in [0, 0.1) is 5.92 Å². The van der Waals surface area contributed by atoms with Gasteiger partial charge in [-0.15, -0.1) is 0 Å². The predicted octanol–water partition coefficient (Wildman–Crippen LogP) is 1.08. The van der Waals surface area contributed by atoms with Crippen molar-refractivity contribution in [2.75, 3.05) is 46.6 Å². The lowest BCUT2D eigenvalue weighted by Gasteiger charge is -2.33. The summed E-state index contributed by atoms with van der Waals surface area (Å²) in [7, 11) is 1.62. The normalized spacial score (nSPS) is 24.5. The highest BCUT2D eigenvalue weighted by Gasteiger charge is 2.45. The van der Waals surface area contributed by atoms with Gasteiger partial charge in [-0.2, -0.15) is 0 Å². The van der Waals surface area contributed by atoms with Gasteiger partial charge in [0, 0.05) is 33.2 Å². The number of hydrogen-bond donors (Lipinski definition) is 0. The number of morpholine rings is 1. The number of carbonyl (C=O) groups excluding carboxylic acids is 2. The van der Waals surface area contributed by atoms with E-state index in [1.807, 2.05) is 35.2 Å². The third kappa shape index (κ3) is 3.44. The number of likely N-dealkylation sites (tertiary alicyclic amines) is 1. The first-order valence-corrected chi connectivity index (χ1v) is 8.42. The largest absolute Gasteiger partial charge is 0.383 e. The van der Waals surface area contributed by atoms with Crippen LogP contribution in [0.1, 0.15) is 18.0 Å². The van der Waals surface area contributed by atoms with Crippen LogP contribution in [0.25, 0.3) is 0 Å². The van der Waals surface area contributed by atoms with Crippen LogP contribution in [0.5, 0.6) is 0 Å². The van der Waals surface area contributed by atoms with Crippen molar-refractivity contribution in [2.45, 2.75) is 12.5 Å². The molecular weight excluding hydrogens is 308 g/mol. The second-order valence-corrected chi connectivity index (χ2v) is 6.18. The molecule has 24 heavy (non-hydrogen) atoms. The lowest BCUT2D eigenvalue weighted by Crippen LogP contribution is -2.45. The molecule has 2 heterocycles. The summed E-state index contributed by atoms with van der Waals surface area (Å²) in [5.41, 5.74) is 1.01. The summed E-state index contributed by atoms with van der Waals surface area (Å²) in [6.45, 7) is 3.30. The molecule has 2 atom stereocenters. The molecule has 2 aliphatic rings. The zero-order valence-electron chi connectivity index (χ0n) is 14.0. The van der Waals surface area contributed by atoms with E-state index >= 15 is 0 Å². The van der Waals surface area contributed by atoms with Crippen molar-refractivity contribution >= 4 is 11.8 Å². The maximum atomic E-state index is 13.0. The van der Waals surface area contributed by atoms with E-state index in [1.54, 1.807) is 12.0 Å². The third-order valence-corrected chi connectivity index (χ3v) is 4.75. The molecule has 130 valence electrons. The molecule has 2 amide bonds. The molecule has 3 rings (SSSR count). The van der Waals surface area contributed by atoms with Gasteiger partial charge in [-0.1, -0.05) is 30.3 Å². The van der Waals surface area contributed by atoms with Crippen LogP contribution in [-0.2, 0) is 19.1 Å². The number of ether oxygens (including phenoxy) is 2. The van der Waals surface area contributed by atoms with Crippen LogP contribution in [0.15, 0.2) is 30.3 Å². The van der Waals surface area contributed by atoms with Crippen molar-refractivity contribution in [3.63, 3.8) is 0 Å². The maximum absolute atomic E-state index is 13.0. The van der Waals surface area contributed by atoms with Gasteiger partial charge in [0.25, 0.3) is 0 Å². The molecule has 2 fully saturated rings. The summed E-state index contributed by atoms with van der Waals surface area (Å²) >= 11 is 0. The average molecular weight is 332 g/mol. The Labute approximate surface area is 142 Å². The van der Waals surface area contributed by atoms with E-state index in [0.717, 1.165) is 5.56 Å². The summed E-state index contributed by atoms with van der Waals surface area (Å²) < 4.78 is 10.5. The number of methoxy groups -OCH3 is 1. The number of rotatable bonds is 5. The minimum absolute atomic E-state index is 0.0208. The Kier molecular flexibility index (Phi) is 5.48. The van der Waals surface area contributed by atoms with E-state index in [9.17, 15) is 9.59 Å². The highest BCUT2D eigenvalue weighted by Crippen LogP contribution is 2.39. The van der Waals surface area contributed by atoms with Crippen molar-refractivity contribution in [1.29, 1.82) is 0 Å². The molecule has 0 bridgehead atoms. The fourth-order valence-electron chi connectivity index (χ4n) is 3.55. The molecular formula is C18H24N2O4. The molecule has 1 aromatic carbocycles. The average Bonchev–Trinajstić information content (AvgIpc) is 2.97. The van der Waals surface area contributed by atoms with E-state index in [0.29, 0.717) is 39.5 Å². The molecule has 0 spiro atoms. The van der Waals surface area contributed by atoms with Crippen LogP contribution in [0.3, 0.4) is 0 Å². The van der Waals surface area contributed by atoms with Gasteiger partial charge in [-0.25, -0.2) is 0 Å². The first-order valence-electron chi connectivity index (χ1n) is 8.42. The van der Waals surface area contributed by atoms with E-state index in [1.165, 1.54) is 0 Å². The second kappa shape index (κ2) is 7.77. The van der Waals surface area contributed by atoms with Gasteiger partial charge in [0.1, 0.15) is 0 Å². The predicted molar refractivity (Wildman–Crippen MR) is 88.3 cm³/mol. The summed E-state index contributed by atoms with van der Waals surface area (Å²) in [4.78, 5) is 29.2. The van der Waals surface area contributed by atoms with Crippen LogP contribution >= 0.6 is 0 Å². The van der Waals surface area contributed by atoms with Gasteiger partial charge in [0.2, 0.25) is 11.8 Å². The second-order valence-electron chi connectivity index (χ2n) is 6.18. The van der Waals surface area contributed by atoms with E-state index < -0.39 is 0 Å². The Morgan fingerprint density at radius 3 is 2.62 bits per heavy atom. The molecule has 6 nitrogen and oxygen atoms in total. The quantitative estimate of drug-likeness (QED) is 0.810. The molecule has 1 aromatic rings. The zero-order valence-corrected chi connectivity index (χ0v) is 14.0. The molecule has 0 aromatic heterocycles. The number of amides is 2. The molecule has 0 unspecified atom stereocenters. The third-order valence-electron chi connectivity index (χ3n) is 4.75. The van der Waals surface area contributed by atoms with Crippen molar-refractivity contribution in [3.05, 3.63) is 35.9 Å². The fourth-order valence-corrected chi connectivity index (χ4v) is 3.55. The van der Waals surface area contributed by atoms with Crippen molar-refractivity contribution in [3.8, 4) is 0 Å². The Hall–Kier alpha value is -1.92. The molecule has 0 radical (unpaired) electrons. The summed E-state index contributed by atoms with van der Waals surface area (Å²) in [5.74, 6) is -0.261. The number of carbonyl (C=O) groups is 2. The molecule has 0 aliphatic carbocycles. The Morgan fingerprint density at radius 2 is 1.96 bits per heavy atom. The highest BCUT2D eigenvalue weighted by atomic mass is 16.5. The van der Waals surface area contributed by atoms with E-state index in [4.69, 9.17) is 9.47 Å².